The van der Waals surface area contributed by atoms with Gasteiger partial charge in [-0.05, 0) is 12.8 Å². The molecule has 0 radical (unpaired) electrons. The maximum absolute atomic E-state index is 9.60. The molecule has 0 atom stereocenters. The zero-order valence-corrected chi connectivity index (χ0v) is 4.14. The lowest BCUT2D eigenvalue weighted by atomic mass is 10.4. The molecule has 1 aliphatic carbocycles. The second kappa shape index (κ2) is 1.96. The molecule has 2 nitrogen and oxygen atoms in total. The first-order chi connectivity index (χ1) is 3.43. The van der Waals surface area contributed by atoms with Crippen molar-refractivity contribution < 1.29 is 9.83 Å². The molecule has 0 amide bonds. The quantitative estimate of drug-likeness (QED) is 0.238. The zero-order chi connectivity index (χ0) is 5.11. The highest BCUT2D eigenvalue weighted by atomic mass is 17.1. The van der Waals surface area contributed by atoms with Gasteiger partial charge in [-0.15, -0.1) is 0 Å². The van der Waals surface area contributed by atoms with Gasteiger partial charge in [0.05, 0.1) is 12.8 Å². The molecule has 1 rings (SSSR count). The van der Waals surface area contributed by atoms with Crippen LogP contribution in [-0.2, 0) is 4.58 Å². The predicted molar refractivity (Wildman–Crippen MR) is 23.5 cm³/mol. The van der Waals surface area contributed by atoms with Crippen LogP contribution in [-0.4, -0.2) is 5.78 Å². The molecule has 0 N–H and O–H groups in total. The largest absolute Gasteiger partial charge is 0.463 e. The monoisotopic (exact) mass is 100 g/mol. The number of rotatable bonds is 0. The molecule has 0 aromatic heterocycles. The van der Waals surface area contributed by atoms with Gasteiger partial charge in [0.15, 0.2) is 0 Å². The van der Waals surface area contributed by atoms with Gasteiger partial charge in [0.2, 0.25) is 0 Å². The van der Waals surface area contributed by atoms with Gasteiger partial charge in [0, 0.05) is 0 Å². The summed E-state index contributed by atoms with van der Waals surface area (Å²) < 4.78 is 3.78. The number of hydrogen-bond acceptors (Lipinski definition) is 1. The van der Waals surface area contributed by atoms with Gasteiger partial charge < -0.3 is 5.26 Å². The first kappa shape index (κ1) is 4.62. The Balaban J connectivity index is 2.41. The van der Waals surface area contributed by atoms with Crippen LogP contribution in [0, 0.1) is 0 Å². The number of ketones is 1. The van der Waals surface area contributed by atoms with Gasteiger partial charge in [0.1, 0.15) is 0 Å². The normalized spacial score (nSPS) is 20.3. The molecular weight excluding hydrogens is 92.1 g/mol. The van der Waals surface area contributed by atoms with Crippen molar-refractivity contribution in [2.24, 2.45) is 0 Å². The Bertz CT molecular complexity index is 78.1. The second-order valence-corrected chi connectivity index (χ2v) is 1.83. The highest BCUT2D eigenvalue weighted by Crippen LogP contribution is 2.12. The minimum atomic E-state index is 0.736. The van der Waals surface area contributed by atoms with Crippen LogP contribution in [0.1, 0.15) is 25.7 Å². The van der Waals surface area contributed by atoms with Crippen molar-refractivity contribution >= 4 is 5.78 Å². The fourth-order valence-electron chi connectivity index (χ4n) is 0.853. The fourth-order valence-corrected chi connectivity index (χ4v) is 0.853. The summed E-state index contributed by atoms with van der Waals surface area (Å²) in [6, 6.07) is 0. The lowest BCUT2D eigenvalue weighted by Crippen LogP contribution is -2.04. The van der Waals surface area contributed by atoms with Crippen molar-refractivity contribution in [2.45, 2.75) is 25.7 Å². The third-order valence-corrected chi connectivity index (χ3v) is 1.28. The molecule has 1 saturated carbocycles. The van der Waals surface area contributed by atoms with Crippen LogP contribution < -0.4 is 5.26 Å². The van der Waals surface area contributed by atoms with E-state index < -0.39 is 0 Å². The first-order valence-corrected chi connectivity index (χ1v) is 2.58. The summed E-state index contributed by atoms with van der Waals surface area (Å²) in [5, 5.41) is 9.60. The highest BCUT2D eigenvalue weighted by molar-refractivity contribution is 5.80. The molecule has 0 bridgehead atoms. The van der Waals surface area contributed by atoms with E-state index in [4.69, 9.17) is 0 Å². The summed E-state index contributed by atoms with van der Waals surface area (Å²) >= 11 is 0. The van der Waals surface area contributed by atoms with Crippen molar-refractivity contribution in [1.29, 1.82) is 0 Å². The maximum Gasteiger partial charge on any atom is 0.329 e. The van der Waals surface area contributed by atoms with E-state index in [1.807, 2.05) is 0 Å². The molecule has 0 heterocycles. The molecule has 7 heavy (non-hydrogen) atoms. The average molecular weight is 100 g/mol. The van der Waals surface area contributed by atoms with Gasteiger partial charge in [-0.25, -0.2) is 0 Å². The number of carbonyl (C=O) groups excluding carboxylic acids is 1. The molecule has 1 aliphatic rings. The molecule has 0 saturated heterocycles. The van der Waals surface area contributed by atoms with Crippen LogP contribution in [0.5, 0.6) is 0 Å². The SMILES string of the molecule is [O-][O+]=C1CCCC1. The minimum Gasteiger partial charge on any atom is -0.463 e. The molecular formula is C5H8O2. The second-order valence-electron chi connectivity index (χ2n) is 1.83. The van der Waals surface area contributed by atoms with Crippen LogP contribution in [0.15, 0.2) is 0 Å². The summed E-state index contributed by atoms with van der Waals surface area (Å²) in [7, 11) is 0. The summed E-state index contributed by atoms with van der Waals surface area (Å²) in [6.07, 6.45) is 4.06. The van der Waals surface area contributed by atoms with E-state index in [-0.39, 0.29) is 0 Å². The van der Waals surface area contributed by atoms with Crippen LogP contribution in [0.3, 0.4) is 0 Å². The van der Waals surface area contributed by atoms with Crippen LogP contribution in [0.2, 0.25) is 0 Å². The van der Waals surface area contributed by atoms with Gasteiger partial charge in [-0.3, -0.25) is 0 Å². The first-order valence-electron chi connectivity index (χ1n) is 2.58. The van der Waals surface area contributed by atoms with E-state index in [2.05, 4.69) is 4.58 Å². The van der Waals surface area contributed by atoms with E-state index in [0.717, 1.165) is 31.5 Å². The third-order valence-electron chi connectivity index (χ3n) is 1.28. The van der Waals surface area contributed by atoms with Crippen molar-refractivity contribution in [3.8, 4) is 0 Å². The summed E-state index contributed by atoms with van der Waals surface area (Å²) in [5.74, 6) is 0.736. The lowest BCUT2D eigenvalue weighted by molar-refractivity contribution is -1.05. The molecule has 0 aliphatic heterocycles. The minimum absolute atomic E-state index is 0.736. The lowest BCUT2D eigenvalue weighted by Gasteiger charge is -1.73. The summed E-state index contributed by atoms with van der Waals surface area (Å²) in [6.45, 7) is 0. The van der Waals surface area contributed by atoms with E-state index >= 15 is 0 Å². The summed E-state index contributed by atoms with van der Waals surface area (Å²) in [4.78, 5) is 0. The van der Waals surface area contributed by atoms with E-state index in [1.54, 1.807) is 0 Å². The molecule has 40 valence electrons. The van der Waals surface area contributed by atoms with Crippen molar-refractivity contribution in [1.82, 2.24) is 0 Å². The molecule has 0 aromatic rings. The van der Waals surface area contributed by atoms with Gasteiger partial charge in [-0.1, -0.05) is 0 Å². The van der Waals surface area contributed by atoms with E-state index in [9.17, 15) is 5.26 Å². The third kappa shape index (κ3) is 0.918. The van der Waals surface area contributed by atoms with Crippen LogP contribution in [0.4, 0.5) is 0 Å². The van der Waals surface area contributed by atoms with Crippen molar-refractivity contribution in [3.63, 3.8) is 0 Å². The maximum atomic E-state index is 9.60. The Morgan fingerprint density at radius 2 is 1.86 bits per heavy atom. The summed E-state index contributed by atoms with van der Waals surface area (Å²) in [5.41, 5.74) is 0. The average Bonchev–Trinajstić information content (AvgIpc) is 2.14. The fraction of sp³-hybridized carbons (Fsp3) is 0.800. The Morgan fingerprint density at radius 1 is 1.29 bits per heavy atom. The standard InChI is InChI=1S/C5H8O2/c6-7-5-3-1-2-4-5/h1-4H2. The van der Waals surface area contributed by atoms with Crippen molar-refractivity contribution in [2.75, 3.05) is 0 Å². The van der Waals surface area contributed by atoms with Gasteiger partial charge in [-0.2, -0.15) is 4.58 Å². The smallest absolute Gasteiger partial charge is 0.329 e. The Kier molecular flexibility index (Phi) is 1.29. The van der Waals surface area contributed by atoms with E-state index in [0.29, 0.717) is 0 Å². The van der Waals surface area contributed by atoms with Gasteiger partial charge in [0.25, 0.3) is 0 Å². The van der Waals surface area contributed by atoms with Gasteiger partial charge >= 0.3 is 5.78 Å². The van der Waals surface area contributed by atoms with Crippen molar-refractivity contribution in [3.05, 3.63) is 0 Å². The number of hydrogen-bond donors (Lipinski definition) is 0. The molecule has 0 unspecified atom stereocenters. The molecule has 1 fully saturated rings. The van der Waals surface area contributed by atoms with Crippen LogP contribution >= 0.6 is 0 Å². The van der Waals surface area contributed by atoms with E-state index in [1.165, 1.54) is 0 Å². The zero-order valence-electron chi connectivity index (χ0n) is 4.14. The molecule has 2 heteroatoms. The Hall–Kier alpha value is -0.530. The molecule has 0 aromatic carbocycles. The highest BCUT2D eigenvalue weighted by Gasteiger charge is 2.16. The predicted octanol–water partition coefficient (Wildman–Crippen LogP) is -0.0595. The Labute approximate surface area is 42.4 Å². The van der Waals surface area contributed by atoms with Crippen LogP contribution in [0.25, 0.3) is 0 Å². The molecule has 0 spiro atoms. The Morgan fingerprint density at radius 3 is 2.14 bits per heavy atom. The topological polar surface area (TPSA) is 34.4 Å².